The minimum absolute atomic E-state index is 0.212. The molecular weight excluding hydrogens is 287 g/mol. The van der Waals surface area contributed by atoms with E-state index in [2.05, 4.69) is 4.98 Å². The number of fused-ring (bicyclic) bond motifs is 1. The summed E-state index contributed by atoms with van der Waals surface area (Å²) in [7, 11) is -3.45. The molecule has 20 heavy (non-hydrogen) atoms. The summed E-state index contributed by atoms with van der Waals surface area (Å²) in [6.45, 7) is 1.42. The molecule has 0 fully saturated rings. The number of carboxylic acid groups (broad SMARTS) is 1. The maximum atomic E-state index is 11.6. The molecule has 2 aromatic heterocycles. The number of carboxylic acids is 1. The number of aromatic nitrogens is 2. The van der Waals surface area contributed by atoms with Gasteiger partial charge in [-0.1, -0.05) is 6.07 Å². The summed E-state index contributed by atoms with van der Waals surface area (Å²) in [6, 6.07) is 4.56. The van der Waals surface area contributed by atoms with Gasteiger partial charge in [0.15, 0.2) is 5.44 Å². The van der Waals surface area contributed by atoms with Crippen LogP contribution in [0.15, 0.2) is 18.2 Å². The molecule has 0 saturated heterocycles. The van der Waals surface area contributed by atoms with Gasteiger partial charge >= 0.3 is 13.6 Å². The second-order valence-electron chi connectivity index (χ2n) is 4.19. The van der Waals surface area contributed by atoms with Crippen molar-refractivity contribution in [3.63, 3.8) is 0 Å². The van der Waals surface area contributed by atoms with Crippen LogP contribution >= 0.6 is 7.60 Å². The third-order valence-corrected chi connectivity index (χ3v) is 3.85. The van der Waals surface area contributed by atoms with Crippen LogP contribution in [0.2, 0.25) is 0 Å². The van der Waals surface area contributed by atoms with E-state index >= 15 is 0 Å². The molecule has 0 aromatic carbocycles. The molecule has 0 saturated carbocycles. The van der Waals surface area contributed by atoms with Gasteiger partial charge in [-0.05, 0) is 19.1 Å². The number of rotatable bonds is 4. The van der Waals surface area contributed by atoms with E-state index < -0.39 is 24.9 Å². The molecule has 0 aliphatic carbocycles. The van der Waals surface area contributed by atoms with Gasteiger partial charge in [-0.25, -0.2) is 0 Å². The number of imidazole rings is 1. The lowest BCUT2D eigenvalue weighted by Crippen LogP contribution is -2.20. The van der Waals surface area contributed by atoms with E-state index in [0.29, 0.717) is 0 Å². The van der Waals surface area contributed by atoms with Crippen LogP contribution in [0, 0.1) is 0 Å². The van der Waals surface area contributed by atoms with Crippen molar-refractivity contribution in [1.29, 1.82) is 0 Å². The first-order chi connectivity index (χ1) is 9.27. The summed E-state index contributed by atoms with van der Waals surface area (Å²) in [4.78, 5) is 34.0. The van der Waals surface area contributed by atoms with Gasteiger partial charge in [0.05, 0.1) is 13.0 Å². The van der Waals surface area contributed by atoms with Crippen LogP contribution in [-0.2, 0) is 9.36 Å². The zero-order valence-electron chi connectivity index (χ0n) is 10.7. The zero-order valence-corrected chi connectivity index (χ0v) is 11.6. The van der Waals surface area contributed by atoms with Crippen molar-refractivity contribution in [2.75, 3.05) is 7.11 Å². The summed E-state index contributed by atoms with van der Waals surface area (Å²) in [6.07, 6.45) is 0. The molecule has 3 N–H and O–H groups in total. The third kappa shape index (κ3) is 2.29. The molecule has 0 aliphatic heterocycles. The van der Waals surface area contributed by atoms with Crippen LogP contribution in [0.3, 0.4) is 0 Å². The number of ether oxygens (including phenoxy) is 1. The van der Waals surface area contributed by atoms with Gasteiger partial charge in [-0.3, -0.25) is 13.8 Å². The maximum absolute atomic E-state index is 11.6. The Balaban J connectivity index is 2.88. The molecule has 1 unspecified atom stereocenters. The van der Waals surface area contributed by atoms with E-state index in [1.54, 1.807) is 6.07 Å². The smallest absolute Gasteiger partial charge is 0.378 e. The summed E-state index contributed by atoms with van der Waals surface area (Å²) in [5.41, 5.74) is -0.0198. The second kappa shape index (κ2) is 4.90. The van der Waals surface area contributed by atoms with E-state index in [1.165, 1.54) is 26.2 Å². The highest BCUT2D eigenvalue weighted by atomic mass is 31.2. The fraction of sp³-hybridized carbons (Fsp3) is 0.273. The van der Waals surface area contributed by atoms with Crippen molar-refractivity contribution < 1.29 is 29.0 Å². The Labute approximate surface area is 113 Å². The maximum Gasteiger partial charge on any atom is 0.378 e. The van der Waals surface area contributed by atoms with Crippen LogP contribution in [0.1, 0.15) is 18.5 Å². The molecule has 0 radical (unpaired) electrons. The van der Waals surface area contributed by atoms with Crippen LogP contribution in [0.25, 0.3) is 5.65 Å². The average molecular weight is 300 g/mol. The number of carbonyl (C=O) groups is 1. The normalized spacial score (nSPS) is 13.4. The van der Waals surface area contributed by atoms with Crippen LogP contribution in [-0.4, -0.2) is 37.4 Å². The molecule has 1 atom stereocenters. The number of methoxy groups -OCH3 is 1. The van der Waals surface area contributed by atoms with Crippen LogP contribution in [0.5, 0.6) is 5.88 Å². The predicted octanol–water partition coefficient (Wildman–Crippen LogP) is 0.334. The largest absolute Gasteiger partial charge is 0.481 e. The number of hydrogen-bond donors (Lipinski definition) is 3. The lowest BCUT2D eigenvalue weighted by atomic mass is 10.1. The number of aliphatic carboxylic acids is 1. The summed E-state index contributed by atoms with van der Waals surface area (Å²) in [5, 5.41) is 9.09. The number of pyridine rings is 1. The highest BCUT2D eigenvalue weighted by molar-refractivity contribution is 7.60. The van der Waals surface area contributed by atoms with Crippen LogP contribution in [0.4, 0.5) is 0 Å². The van der Waals surface area contributed by atoms with Gasteiger partial charge in [-0.15, -0.1) is 0 Å². The summed E-state index contributed by atoms with van der Waals surface area (Å²) in [5.74, 6) is -2.28. The zero-order chi connectivity index (χ0) is 15.1. The van der Waals surface area contributed by atoms with Gasteiger partial charge in [0.25, 0.3) is 0 Å². The fourth-order valence-corrected chi connectivity index (χ4v) is 2.81. The second-order valence-corrected chi connectivity index (χ2v) is 5.70. The molecule has 0 aliphatic rings. The first-order valence-electron chi connectivity index (χ1n) is 5.61. The Bertz CT molecular complexity index is 719. The Kier molecular flexibility index (Phi) is 3.56. The lowest BCUT2D eigenvalue weighted by Gasteiger charge is -2.13. The van der Waals surface area contributed by atoms with Gasteiger partial charge in [0.1, 0.15) is 5.65 Å². The van der Waals surface area contributed by atoms with Crippen LogP contribution < -0.4 is 10.2 Å². The highest BCUT2D eigenvalue weighted by Crippen LogP contribution is 2.38. The van der Waals surface area contributed by atoms with E-state index in [-0.39, 0.29) is 17.2 Å². The Hall–Kier alpha value is -1.89. The molecule has 9 heteroatoms. The van der Waals surface area contributed by atoms with E-state index in [9.17, 15) is 19.1 Å². The molecule has 108 valence electrons. The number of hydrogen-bond acceptors (Lipinski definition) is 4. The molecular formula is C11H13N2O6P. The minimum atomic E-state index is -4.68. The van der Waals surface area contributed by atoms with E-state index in [0.717, 1.165) is 4.40 Å². The van der Waals surface area contributed by atoms with Gasteiger partial charge in [-0.2, -0.15) is 4.98 Å². The highest BCUT2D eigenvalue weighted by Gasteiger charge is 2.32. The quantitative estimate of drug-likeness (QED) is 0.696. The van der Waals surface area contributed by atoms with Crippen molar-refractivity contribution in [2.45, 2.75) is 12.8 Å². The summed E-state index contributed by atoms with van der Waals surface area (Å²) < 4.78 is 17.7. The lowest BCUT2D eigenvalue weighted by molar-refractivity contribution is -0.138. The molecule has 2 heterocycles. The monoisotopic (exact) mass is 300 g/mol. The Morgan fingerprint density at radius 3 is 2.60 bits per heavy atom. The standard InChI is InChI=1S/C11H13N2O6P/c1-6(11(14)15)7-4-3-5-8-12-9(19-2)10(13(7)8)20(16,17)18/h3-6H,1-2H3,(H,14,15)(H2,16,17,18). The van der Waals surface area contributed by atoms with Gasteiger partial charge in [0, 0.05) is 5.69 Å². The molecule has 2 rings (SSSR count). The molecule has 8 nitrogen and oxygen atoms in total. The predicted molar refractivity (Wildman–Crippen MR) is 69.5 cm³/mol. The van der Waals surface area contributed by atoms with Gasteiger partial charge in [0.2, 0.25) is 5.88 Å². The third-order valence-electron chi connectivity index (χ3n) is 2.90. The Morgan fingerprint density at radius 1 is 1.45 bits per heavy atom. The van der Waals surface area contributed by atoms with Crippen molar-refractivity contribution in [3.8, 4) is 5.88 Å². The topological polar surface area (TPSA) is 121 Å². The molecule has 0 bridgehead atoms. The molecule has 2 aromatic rings. The SMILES string of the molecule is COc1nc2cccc(C(C)C(=O)O)n2c1P(=O)(O)O. The Morgan fingerprint density at radius 2 is 2.10 bits per heavy atom. The van der Waals surface area contributed by atoms with Crippen molar-refractivity contribution in [1.82, 2.24) is 9.38 Å². The van der Waals surface area contributed by atoms with Crippen molar-refractivity contribution in [2.24, 2.45) is 0 Å². The van der Waals surface area contributed by atoms with E-state index in [1.807, 2.05) is 0 Å². The summed E-state index contributed by atoms with van der Waals surface area (Å²) >= 11 is 0. The molecule has 0 amide bonds. The van der Waals surface area contributed by atoms with Gasteiger partial charge < -0.3 is 19.6 Å². The van der Waals surface area contributed by atoms with Crippen molar-refractivity contribution >= 4 is 24.6 Å². The minimum Gasteiger partial charge on any atom is -0.481 e. The average Bonchev–Trinajstić information content (AvgIpc) is 2.75. The van der Waals surface area contributed by atoms with E-state index in [4.69, 9.17) is 9.84 Å². The van der Waals surface area contributed by atoms with Crippen molar-refractivity contribution in [3.05, 3.63) is 23.9 Å². The first-order valence-corrected chi connectivity index (χ1v) is 7.23. The number of nitrogens with zero attached hydrogens (tertiary/aromatic N) is 2. The first kappa shape index (κ1) is 14.5. The molecule has 0 spiro atoms. The fourth-order valence-electron chi connectivity index (χ4n) is 1.94.